The number of hydrogen-bond donors (Lipinski definition) is 3. The van der Waals surface area contributed by atoms with E-state index in [0.717, 1.165) is 6.42 Å². The summed E-state index contributed by atoms with van der Waals surface area (Å²) in [5.41, 5.74) is 0.509. The molecule has 0 aliphatic rings. The molecule has 116 valence electrons. The first kappa shape index (κ1) is 16.9. The maximum absolute atomic E-state index is 11.8. The van der Waals surface area contributed by atoms with Crippen LogP contribution in [0.3, 0.4) is 0 Å². The average molecular weight is 292 g/mol. The number of likely N-dealkylation sites (N-methyl/N-ethyl adjacent to an activating group) is 1. The van der Waals surface area contributed by atoms with Crippen molar-refractivity contribution in [2.24, 2.45) is 5.92 Å². The first-order chi connectivity index (χ1) is 9.99. The predicted molar refractivity (Wildman–Crippen MR) is 83.2 cm³/mol. The van der Waals surface area contributed by atoms with Crippen LogP contribution < -0.4 is 16.0 Å². The second-order valence-corrected chi connectivity index (χ2v) is 5.17. The van der Waals surface area contributed by atoms with E-state index in [1.807, 2.05) is 20.8 Å². The van der Waals surface area contributed by atoms with Crippen molar-refractivity contribution in [2.45, 2.75) is 33.2 Å². The number of carbonyl (C=O) groups is 2. The van der Waals surface area contributed by atoms with Gasteiger partial charge in [-0.3, -0.25) is 9.59 Å². The van der Waals surface area contributed by atoms with Crippen molar-refractivity contribution < 1.29 is 9.59 Å². The molecular weight excluding hydrogens is 268 g/mol. The minimum absolute atomic E-state index is 0.0865. The fraction of sp³-hybridized carbons (Fsp3) is 0.533. The highest BCUT2D eigenvalue weighted by molar-refractivity contribution is 5.94. The Balaban J connectivity index is 2.73. The van der Waals surface area contributed by atoms with E-state index in [-0.39, 0.29) is 23.8 Å². The van der Waals surface area contributed by atoms with Gasteiger partial charge in [0.05, 0.1) is 5.56 Å². The maximum atomic E-state index is 11.8. The largest absolute Gasteiger partial charge is 0.358 e. The first-order valence-electron chi connectivity index (χ1n) is 7.22. The van der Waals surface area contributed by atoms with Crippen molar-refractivity contribution in [3.05, 3.63) is 23.9 Å². The van der Waals surface area contributed by atoms with Gasteiger partial charge in [0, 0.05) is 19.8 Å². The van der Waals surface area contributed by atoms with Crippen LogP contribution in [0, 0.1) is 5.92 Å². The summed E-state index contributed by atoms with van der Waals surface area (Å²) in [6.45, 7) is 6.56. The van der Waals surface area contributed by atoms with Gasteiger partial charge in [-0.25, -0.2) is 4.98 Å². The van der Waals surface area contributed by atoms with Gasteiger partial charge in [0.25, 0.3) is 5.91 Å². The number of carbonyl (C=O) groups excluding carboxylic acids is 2. The van der Waals surface area contributed by atoms with Gasteiger partial charge in [0.2, 0.25) is 5.91 Å². The second kappa shape index (κ2) is 8.24. The third-order valence-electron chi connectivity index (χ3n) is 3.06. The van der Waals surface area contributed by atoms with Crippen LogP contribution in [0.25, 0.3) is 0 Å². The fourth-order valence-corrected chi connectivity index (χ4v) is 1.80. The molecule has 0 fully saturated rings. The molecule has 0 spiro atoms. The molecule has 1 unspecified atom stereocenters. The Morgan fingerprint density at radius 2 is 2.00 bits per heavy atom. The number of anilines is 1. The third kappa shape index (κ3) is 5.06. The van der Waals surface area contributed by atoms with Gasteiger partial charge >= 0.3 is 0 Å². The summed E-state index contributed by atoms with van der Waals surface area (Å²) in [7, 11) is 1.61. The standard InChI is InChI=1S/C15H24N4O2/c1-5-8-17-14(20)11-6-7-12(18-9-11)19-13(10(2)3)15(21)16-4/h6-7,9-10,13H,5,8H2,1-4H3,(H,16,21)(H,17,20)(H,18,19). The molecule has 6 nitrogen and oxygen atoms in total. The summed E-state index contributed by atoms with van der Waals surface area (Å²) < 4.78 is 0. The van der Waals surface area contributed by atoms with Gasteiger partial charge in [-0.15, -0.1) is 0 Å². The monoisotopic (exact) mass is 292 g/mol. The zero-order chi connectivity index (χ0) is 15.8. The summed E-state index contributed by atoms with van der Waals surface area (Å²) in [4.78, 5) is 27.7. The van der Waals surface area contributed by atoms with Gasteiger partial charge in [0.1, 0.15) is 11.9 Å². The lowest BCUT2D eigenvalue weighted by Gasteiger charge is -2.21. The van der Waals surface area contributed by atoms with Gasteiger partial charge in [-0.05, 0) is 24.5 Å². The van der Waals surface area contributed by atoms with Crippen LogP contribution in [0.5, 0.6) is 0 Å². The van der Waals surface area contributed by atoms with Crippen molar-refractivity contribution in [3.8, 4) is 0 Å². The normalized spacial score (nSPS) is 11.9. The topological polar surface area (TPSA) is 83.1 Å². The Hall–Kier alpha value is -2.11. The van der Waals surface area contributed by atoms with Crippen LogP contribution in [-0.4, -0.2) is 36.4 Å². The van der Waals surface area contributed by atoms with Crippen molar-refractivity contribution in [1.29, 1.82) is 0 Å². The molecule has 0 radical (unpaired) electrons. The number of pyridine rings is 1. The van der Waals surface area contributed by atoms with E-state index in [9.17, 15) is 9.59 Å². The van der Waals surface area contributed by atoms with Crippen LogP contribution in [0.4, 0.5) is 5.82 Å². The summed E-state index contributed by atoms with van der Waals surface area (Å²) in [5.74, 6) is 0.475. The SMILES string of the molecule is CCCNC(=O)c1ccc(NC(C(=O)NC)C(C)C)nc1. The minimum Gasteiger partial charge on any atom is -0.358 e. The minimum atomic E-state index is -0.359. The van der Waals surface area contributed by atoms with E-state index < -0.39 is 0 Å². The molecule has 3 N–H and O–H groups in total. The molecule has 1 atom stereocenters. The lowest BCUT2D eigenvalue weighted by molar-refractivity contribution is -0.122. The fourth-order valence-electron chi connectivity index (χ4n) is 1.80. The molecule has 1 aromatic rings. The Morgan fingerprint density at radius 3 is 2.48 bits per heavy atom. The van der Waals surface area contributed by atoms with Crippen molar-refractivity contribution >= 4 is 17.6 Å². The highest BCUT2D eigenvalue weighted by Gasteiger charge is 2.21. The zero-order valence-electron chi connectivity index (χ0n) is 13.1. The Kier molecular flexibility index (Phi) is 6.65. The van der Waals surface area contributed by atoms with Crippen molar-refractivity contribution in [2.75, 3.05) is 18.9 Å². The van der Waals surface area contributed by atoms with Crippen LogP contribution in [0.15, 0.2) is 18.3 Å². The lowest BCUT2D eigenvalue weighted by atomic mass is 10.0. The molecule has 0 saturated heterocycles. The zero-order valence-corrected chi connectivity index (χ0v) is 13.1. The number of rotatable bonds is 7. The van der Waals surface area contributed by atoms with Gasteiger partial charge in [-0.1, -0.05) is 20.8 Å². The summed E-state index contributed by atoms with van der Waals surface area (Å²) in [5, 5.41) is 8.50. The van der Waals surface area contributed by atoms with Crippen LogP contribution >= 0.6 is 0 Å². The molecule has 1 aromatic heterocycles. The molecular formula is C15H24N4O2. The molecule has 0 bridgehead atoms. The molecule has 6 heteroatoms. The van der Waals surface area contributed by atoms with E-state index in [0.29, 0.717) is 17.9 Å². The molecule has 2 amide bonds. The van der Waals surface area contributed by atoms with Crippen molar-refractivity contribution in [1.82, 2.24) is 15.6 Å². The lowest BCUT2D eigenvalue weighted by Crippen LogP contribution is -2.41. The smallest absolute Gasteiger partial charge is 0.252 e. The molecule has 0 aliphatic carbocycles. The number of aromatic nitrogens is 1. The first-order valence-corrected chi connectivity index (χ1v) is 7.22. The number of nitrogens with zero attached hydrogens (tertiary/aromatic N) is 1. The summed E-state index contributed by atoms with van der Waals surface area (Å²) >= 11 is 0. The van der Waals surface area contributed by atoms with Crippen LogP contribution in [0.1, 0.15) is 37.6 Å². The molecule has 0 saturated carbocycles. The molecule has 0 aliphatic heterocycles. The molecule has 21 heavy (non-hydrogen) atoms. The molecule has 1 heterocycles. The van der Waals surface area contributed by atoms with Crippen LogP contribution in [0.2, 0.25) is 0 Å². The van der Waals surface area contributed by atoms with E-state index in [4.69, 9.17) is 0 Å². The number of amides is 2. The molecule has 1 rings (SSSR count). The van der Waals surface area contributed by atoms with Gasteiger partial charge < -0.3 is 16.0 Å². The Morgan fingerprint density at radius 1 is 1.29 bits per heavy atom. The number of hydrogen-bond acceptors (Lipinski definition) is 4. The Bertz CT molecular complexity index is 471. The quantitative estimate of drug-likeness (QED) is 0.709. The highest BCUT2D eigenvalue weighted by Crippen LogP contribution is 2.11. The average Bonchev–Trinajstić information content (AvgIpc) is 2.49. The van der Waals surface area contributed by atoms with E-state index in [1.165, 1.54) is 6.20 Å². The van der Waals surface area contributed by atoms with Crippen LogP contribution in [-0.2, 0) is 4.79 Å². The third-order valence-corrected chi connectivity index (χ3v) is 3.06. The van der Waals surface area contributed by atoms with E-state index >= 15 is 0 Å². The summed E-state index contributed by atoms with van der Waals surface area (Å²) in [6, 6.07) is 3.04. The second-order valence-electron chi connectivity index (χ2n) is 5.17. The number of nitrogens with one attached hydrogen (secondary N) is 3. The predicted octanol–water partition coefficient (Wildman–Crippen LogP) is 1.40. The van der Waals surface area contributed by atoms with E-state index in [2.05, 4.69) is 20.9 Å². The maximum Gasteiger partial charge on any atom is 0.252 e. The Labute approximate surface area is 125 Å². The van der Waals surface area contributed by atoms with E-state index in [1.54, 1.807) is 19.2 Å². The molecule has 0 aromatic carbocycles. The highest BCUT2D eigenvalue weighted by atomic mass is 16.2. The van der Waals surface area contributed by atoms with Crippen molar-refractivity contribution in [3.63, 3.8) is 0 Å². The van der Waals surface area contributed by atoms with Gasteiger partial charge in [0.15, 0.2) is 0 Å². The van der Waals surface area contributed by atoms with Gasteiger partial charge in [-0.2, -0.15) is 0 Å². The summed E-state index contributed by atoms with van der Waals surface area (Å²) in [6.07, 6.45) is 2.40.